The molecule has 3 unspecified atom stereocenters. The summed E-state index contributed by atoms with van der Waals surface area (Å²) in [5.74, 6) is 6.23. The van der Waals surface area contributed by atoms with Crippen molar-refractivity contribution in [3.8, 4) is 0 Å². The zero-order valence-corrected chi connectivity index (χ0v) is 12.0. The van der Waals surface area contributed by atoms with E-state index in [4.69, 9.17) is 15.3 Å². The van der Waals surface area contributed by atoms with Gasteiger partial charge in [-0.25, -0.2) is 4.98 Å². The molecule has 6 heteroatoms. The summed E-state index contributed by atoms with van der Waals surface area (Å²) < 4.78 is 11.5. The molecule has 2 fully saturated rings. The molecule has 3 N–H and O–H groups in total. The van der Waals surface area contributed by atoms with Crippen LogP contribution in [-0.2, 0) is 9.47 Å². The molecule has 0 saturated carbocycles. The minimum absolute atomic E-state index is 0.0803. The second-order valence-corrected chi connectivity index (χ2v) is 6.58. The monoisotopic (exact) mass is 283 g/mol. The number of nitrogens with one attached hydrogen (secondary N) is 1. The van der Waals surface area contributed by atoms with E-state index < -0.39 is 0 Å². The molecule has 106 valence electrons. The number of aryl methyl sites for hydroxylation is 1. The molecule has 3 heterocycles. The molecule has 0 radical (unpaired) electrons. The number of rotatable bonds is 3. The Morgan fingerprint density at radius 1 is 1.58 bits per heavy atom. The van der Waals surface area contributed by atoms with E-state index in [-0.39, 0.29) is 11.6 Å². The molecule has 1 aromatic heterocycles. The number of thiazole rings is 1. The Labute approximate surface area is 117 Å². The maximum absolute atomic E-state index is 5.98. The number of aromatic nitrogens is 1. The quantitative estimate of drug-likeness (QED) is 0.650. The highest BCUT2D eigenvalue weighted by Gasteiger charge is 2.43. The van der Waals surface area contributed by atoms with Crippen LogP contribution in [0.25, 0.3) is 0 Å². The number of ether oxygens (including phenoxy) is 2. The normalized spacial score (nSPS) is 32.8. The lowest BCUT2D eigenvalue weighted by atomic mass is 9.80. The third-order valence-corrected chi connectivity index (χ3v) is 5.00. The summed E-state index contributed by atoms with van der Waals surface area (Å²) >= 11 is 1.67. The van der Waals surface area contributed by atoms with Crippen molar-refractivity contribution in [2.45, 2.75) is 37.8 Å². The van der Waals surface area contributed by atoms with Gasteiger partial charge in [-0.15, -0.1) is 11.3 Å². The van der Waals surface area contributed by atoms with Crippen LogP contribution in [0.1, 0.15) is 36.0 Å². The van der Waals surface area contributed by atoms with E-state index in [0.717, 1.165) is 49.8 Å². The van der Waals surface area contributed by atoms with E-state index in [0.29, 0.717) is 5.92 Å². The second kappa shape index (κ2) is 5.46. The van der Waals surface area contributed by atoms with Crippen molar-refractivity contribution in [2.24, 2.45) is 11.8 Å². The van der Waals surface area contributed by atoms with E-state index in [1.165, 1.54) is 0 Å². The molecule has 2 aliphatic rings. The van der Waals surface area contributed by atoms with Gasteiger partial charge in [0.25, 0.3) is 0 Å². The van der Waals surface area contributed by atoms with Gasteiger partial charge in [-0.2, -0.15) is 0 Å². The van der Waals surface area contributed by atoms with Crippen LogP contribution < -0.4 is 11.3 Å². The summed E-state index contributed by atoms with van der Waals surface area (Å²) in [5.41, 5.74) is 3.94. The lowest BCUT2D eigenvalue weighted by Gasteiger charge is -2.39. The minimum Gasteiger partial charge on any atom is -0.378 e. The molecule has 3 atom stereocenters. The molecule has 2 aliphatic heterocycles. The van der Waals surface area contributed by atoms with Gasteiger partial charge in [-0.1, -0.05) is 0 Å². The molecule has 5 nitrogen and oxygen atoms in total. The Bertz CT molecular complexity index is 431. The maximum Gasteiger partial charge on any atom is 0.0940 e. The van der Waals surface area contributed by atoms with Gasteiger partial charge in [0, 0.05) is 25.0 Å². The van der Waals surface area contributed by atoms with Crippen LogP contribution >= 0.6 is 11.3 Å². The Morgan fingerprint density at radius 2 is 2.47 bits per heavy atom. The fourth-order valence-corrected chi connectivity index (χ4v) is 3.85. The summed E-state index contributed by atoms with van der Waals surface area (Å²) in [6, 6.07) is 0.117. The van der Waals surface area contributed by atoms with Gasteiger partial charge in [0.2, 0.25) is 0 Å². The third kappa shape index (κ3) is 2.68. The standard InChI is InChI=1S/C13H21N3O2S/c1-9-15-11(7-19-9)12(16-14)10-2-4-18-13(6-10)3-5-17-8-13/h7,10,12,16H,2-6,8,14H2,1H3. The van der Waals surface area contributed by atoms with Crippen LogP contribution in [0.3, 0.4) is 0 Å². The summed E-state index contributed by atoms with van der Waals surface area (Å²) in [5, 5.41) is 3.19. The molecular weight excluding hydrogens is 262 g/mol. The fraction of sp³-hybridized carbons (Fsp3) is 0.769. The zero-order valence-electron chi connectivity index (χ0n) is 11.2. The highest BCUT2D eigenvalue weighted by atomic mass is 32.1. The molecule has 1 spiro atoms. The Morgan fingerprint density at radius 3 is 3.11 bits per heavy atom. The average Bonchev–Trinajstić information content (AvgIpc) is 3.01. The number of nitrogens with two attached hydrogens (primary N) is 1. The van der Waals surface area contributed by atoms with Gasteiger partial charge in [0.1, 0.15) is 0 Å². The number of nitrogens with zero attached hydrogens (tertiary/aromatic N) is 1. The second-order valence-electron chi connectivity index (χ2n) is 5.52. The van der Waals surface area contributed by atoms with Crippen molar-refractivity contribution < 1.29 is 9.47 Å². The van der Waals surface area contributed by atoms with E-state index >= 15 is 0 Å². The van der Waals surface area contributed by atoms with Crippen LogP contribution in [0.5, 0.6) is 0 Å². The van der Waals surface area contributed by atoms with Crippen LogP contribution in [0.4, 0.5) is 0 Å². The summed E-state index contributed by atoms with van der Waals surface area (Å²) in [6.45, 7) is 4.34. The van der Waals surface area contributed by atoms with Gasteiger partial charge in [0.15, 0.2) is 0 Å². The summed E-state index contributed by atoms with van der Waals surface area (Å²) in [6.07, 6.45) is 3.02. The van der Waals surface area contributed by atoms with E-state index in [2.05, 4.69) is 15.8 Å². The van der Waals surface area contributed by atoms with E-state index in [1.807, 2.05) is 6.92 Å². The lowest BCUT2D eigenvalue weighted by molar-refractivity contribution is -0.103. The predicted molar refractivity (Wildman–Crippen MR) is 73.8 cm³/mol. The predicted octanol–water partition coefficient (Wildman–Crippen LogP) is 1.54. The molecule has 0 bridgehead atoms. The summed E-state index contributed by atoms with van der Waals surface area (Å²) in [4.78, 5) is 4.58. The van der Waals surface area contributed by atoms with E-state index in [9.17, 15) is 0 Å². The molecular formula is C13H21N3O2S. The average molecular weight is 283 g/mol. The van der Waals surface area contributed by atoms with E-state index in [1.54, 1.807) is 11.3 Å². The Balaban J connectivity index is 1.76. The minimum atomic E-state index is -0.0803. The molecule has 0 aliphatic carbocycles. The number of hydrogen-bond donors (Lipinski definition) is 2. The first-order chi connectivity index (χ1) is 9.22. The zero-order chi connectivity index (χ0) is 13.3. The molecule has 1 aromatic rings. The Hall–Kier alpha value is -0.530. The molecule has 3 rings (SSSR count). The smallest absolute Gasteiger partial charge is 0.0940 e. The van der Waals surface area contributed by atoms with Crippen LogP contribution in [0.2, 0.25) is 0 Å². The largest absolute Gasteiger partial charge is 0.378 e. The fourth-order valence-electron chi connectivity index (χ4n) is 3.20. The van der Waals surface area contributed by atoms with Crippen LogP contribution in [-0.4, -0.2) is 30.4 Å². The lowest BCUT2D eigenvalue weighted by Crippen LogP contribution is -2.45. The van der Waals surface area contributed by atoms with Crippen molar-refractivity contribution in [1.29, 1.82) is 0 Å². The van der Waals surface area contributed by atoms with Gasteiger partial charge >= 0.3 is 0 Å². The molecule has 0 amide bonds. The molecule has 19 heavy (non-hydrogen) atoms. The summed E-state index contributed by atoms with van der Waals surface area (Å²) in [7, 11) is 0. The first kappa shape index (κ1) is 13.5. The molecule has 0 aromatic carbocycles. The molecule has 2 saturated heterocycles. The van der Waals surface area contributed by atoms with Crippen molar-refractivity contribution in [1.82, 2.24) is 10.4 Å². The van der Waals surface area contributed by atoms with Gasteiger partial charge in [-0.05, 0) is 25.7 Å². The van der Waals surface area contributed by atoms with Crippen molar-refractivity contribution in [2.75, 3.05) is 19.8 Å². The first-order valence-corrected chi connectivity index (χ1v) is 7.70. The first-order valence-electron chi connectivity index (χ1n) is 6.82. The van der Waals surface area contributed by atoms with Crippen molar-refractivity contribution in [3.05, 3.63) is 16.1 Å². The highest BCUT2D eigenvalue weighted by molar-refractivity contribution is 7.09. The van der Waals surface area contributed by atoms with Crippen molar-refractivity contribution >= 4 is 11.3 Å². The van der Waals surface area contributed by atoms with Crippen LogP contribution in [0, 0.1) is 12.8 Å². The van der Waals surface area contributed by atoms with Crippen molar-refractivity contribution in [3.63, 3.8) is 0 Å². The van der Waals surface area contributed by atoms with Gasteiger partial charge in [-0.3, -0.25) is 11.3 Å². The Kier molecular flexibility index (Phi) is 3.86. The third-order valence-electron chi connectivity index (χ3n) is 4.20. The van der Waals surface area contributed by atoms with Gasteiger partial charge in [0.05, 0.1) is 29.0 Å². The van der Waals surface area contributed by atoms with Gasteiger partial charge < -0.3 is 9.47 Å². The maximum atomic E-state index is 5.98. The highest BCUT2D eigenvalue weighted by Crippen LogP contribution is 2.40. The topological polar surface area (TPSA) is 69.4 Å². The number of hydrazine groups is 1. The SMILES string of the molecule is Cc1nc(C(NN)C2CCOC3(CCOC3)C2)cs1. The number of hydrogen-bond acceptors (Lipinski definition) is 6. The van der Waals surface area contributed by atoms with Crippen LogP contribution in [0.15, 0.2) is 5.38 Å².